The van der Waals surface area contributed by atoms with Crippen molar-refractivity contribution >= 4 is 17.5 Å². The Balaban J connectivity index is 1.30. The molecule has 0 bridgehead atoms. The van der Waals surface area contributed by atoms with Gasteiger partial charge in [-0.2, -0.15) is 0 Å². The predicted molar refractivity (Wildman–Crippen MR) is 109 cm³/mol. The highest BCUT2D eigenvalue weighted by Crippen LogP contribution is 2.18. The lowest BCUT2D eigenvalue weighted by molar-refractivity contribution is -0.130. The van der Waals surface area contributed by atoms with E-state index >= 15 is 0 Å². The van der Waals surface area contributed by atoms with Gasteiger partial charge >= 0.3 is 0 Å². The van der Waals surface area contributed by atoms with Gasteiger partial charge in [0.2, 0.25) is 5.91 Å². The molecule has 7 heteroatoms. The molecule has 2 aliphatic heterocycles. The predicted octanol–water partition coefficient (Wildman–Crippen LogP) is 1.51. The van der Waals surface area contributed by atoms with Gasteiger partial charge in [0.25, 0.3) is 0 Å². The summed E-state index contributed by atoms with van der Waals surface area (Å²) in [5.41, 5.74) is 2.27. The van der Waals surface area contributed by atoms with E-state index in [1.54, 1.807) is 0 Å². The quantitative estimate of drug-likeness (QED) is 0.800. The van der Waals surface area contributed by atoms with Crippen LogP contribution in [0.1, 0.15) is 11.1 Å². The molecule has 4 rings (SSSR count). The summed E-state index contributed by atoms with van der Waals surface area (Å²) in [7, 11) is 0. The maximum Gasteiger partial charge on any atom is 0.227 e. The van der Waals surface area contributed by atoms with Gasteiger partial charge in [-0.25, -0.2) is 0 Å². The second kappa shape index (κ2) is 8.56. The molecule has 3 heterocycles. The van der Waals surface area contributed by atoms with Crippen molar-refractivity contribution in [2.24, 2.45) is 0 Å². The number of hydrogen-bond acceptors (Lipinski definition) is 6. The summed E-state index contributed by atoms with van der Waals surface area (Å²) in [5.74, 6) is 1.97. The van der Waals surface area contributed by atoms with Crippen LogP contribution in [0, 0.1) is 6.92 Å². The highest BCUT2D eigenvalue weighted by molar-refractivity contribution is 5.79. The van der Waals surface area contributed by atoms with Gasteiger partial charge in [0.1, 0.15) is 0 Å². The number of rotatable bonds is 4. The summed E-state index contributed by atoms with van der Waals surface area (Å²) in [5, 5.41) is 8.81. The topological polar surface area (TPSA) is 61.8 Å². The van der Waals surface area contributed by atoms with E-state index in [0.717, 1.165) is 69.7 Å². The fraction of sp³-hybridized carbons (Fsp3) is 0.476. The normalized spacial score (nSPS) is 17.7. The van der Waals surface area contributed by atoms with Gasteiger partial charge in [0, 0.05) is 39.3 Å². The zero-order chi connectivity index (χ0) is 19.3. The minimum atomic E-state index is 0.194. The van der Waals surface area contributed by atoms with E-state index in [1.807, 2.05) is 29.2 Å². The molecule has 0 spiro atoms. The number of amides is 1. The van der Waals surface area contributed by atoms with Crippen molar-refractivity contribution in [2.45, 2.75) is 13.3 Å². The summed E-state index contributed by atoms with van der Waals surface area (Å²) in [4.78, 5) is 19.0. The fourth-order valence-electron chi connectivity index (χ4n) is 3.74. The minimum absolute atomic E-state index is 0.194. The molecule has 0 N–H and O–H groups in total. The highest BCUT2D eigenvalue weighted by atomic mass is 16.5. The lowest BCUT2D eigenvalue weighted by Crippen LogP contribution is -2.49. The molecule has 148 valence electrons. The van der Waals surface area contributed by atoms with Crippen LogP contribution in [0.25, 0.3) is 0 Å². The van der Waals surface area contributed by atoms with Crippen molar-refractivity contribution in [2.75, 3.05) is 62.3 Å². The first kappa shape index (κ1) is 18.7. The Labute approximate surface area is 165 Å². The lowest BCUT2D eigenvalue weighted by atomic mass is 10.1. The number of ether oxygens (including phenoxy) is 1. The maximum atomic E-state index is 12.6. The molecular formula is C21H27N5O2. The van der Waals surface area contributed by atoms with Gasteiger partial charge in [-0.1, -0.05) is 29.8 Å². The third-order valence-electron chi connectivity index (χ3n) is 5.37. The van der Waals surface area contributed by atoms with E-state index in [1.165, 1.54) is 5.56 Å². The standard InChI is InChI=1S/C21H27N5O2/c1-17-3-2-4-18(15-17)16-21(27)26-9-7-24(8-10-26)19-5-6-20(23-22-19)25-11-13-28-14-12-25/h2-6,15H,7-14,16H2,1H3. The van der Waals surface area contributed by atoms with Crippen molar-refractivity contribution < 1.29 is 9.53 Å². The Hall–Kier alpha value is -2.67. The molecule has 0 radical (unpaired) electrons. The van der Waals surface area contributed by atoms with Gasteiger partial charge in [-0.3, -0.25) is 4.79 Å². The Bertz CT molecular complexity index is 797. The summed E-state index contributed by atoms with van der Waals surface area (Å²) in [6, 6.07) is 12.2. The van der Waals surface area contributed by atoms with E-state index in [0.29, 0.717) is 6.42 Å². The van der Waals surface area contributed by atoms with Crippen LogP contribution in [0.3, 0.4) is 0 Å². The number of nitrogens with zero attached hydrogens (tertiary/aromatic N) is 5. The molecule has 2 aliphatic rings. The molecule has 1 aromatic carbocycles. The number of morpholine rings is 1. The Morgan fingerprint density at radius 1 is 0.929 bits per heavy atom. The molecule has 7 nitrogen and oxygen atoms in total. The van der Waals surface area contributed by atoms with Crippen molar-refractivity contribution in [3.8, 4) is 0 Å². The molecule has 28 heavy (non-hydrogen) atoms. The van der Waals surface area contributed by atoms with Crippen molar-refractivity contribution in [1.82, 2.24) is 15.1 Å². The van der Waals surface area contributed by atoms with Crippen LogP contribution in [-0.4, -0.2) is 73.5 Å². The zero-order valence-corrected chi connectivity index (χ0v) is 16.4. The first-order valence-corrected chi connectivity index (χ1v) is 9.94. The molecule has 0 aliphatic carbocycles. The molecule has 1 aromatic heterocycles. The van der Waals surface area contributed by atoms with E-state index < -0.39 is 0 Å². The zero-order valence-electron chi connectivity index (χ0n) is 16.4. The van der Waals surface area contributed by atoms with E-state index in [2.05, 4.69) is 39.1 Å². The van der Waals surface area contributed by atoms with E-state index in [4.69, 9.17) is 4.74 Å². The Kier molecular flexibility index (Phi) is 5.71. The van der Waals surface area contributed by atoms with Crippen molar-refractivity contribution in [3.63, 3.8) is 0 Å². The molecular weight excluding hydrogens is 354 g/mol. The molecule has 2 aromatic rings. The number of anilines is 2. The number of benzene rings is 1. The number of hydrogen-bond donors (Lipinski definition) is 0. The summed E-state index contributed by atoms with van der Waals surface area (Å²) >= 11 is 0. The largest absolute Gasteiger partial charge is 0.378 e. The average molecular weight is 381 g/mol. The van der Waals surface area contributed by atoms with Crippen molar-refractivity contribution in [3.05, 3.63) is 47.5 Å². The summed E-state index contributed by atoms with van der Waals surface area (Å²) < 4.78 is 5.38. The molecule has 0 saturated carbocycles. The summed E-state index contributed by atoms with van der Waals surface area (Å²) in [6.45, 7) is 8.25. The van der Waals surface area contributed by atoms with Crippen LogP contribution in [-0.2, 0) is 16.0 Å². The fourth-order valence-corrected chi connectivity index (χ4v) is 3.74. The van der Waals surface area contributed by atoms with Crippen LogP contribution < -0.4 is 9.80 Å². The van der Waals surface area contributed by atoms with E-state index in [-0.39, 0.29) is 5.91 Å². The van der Waals surface area contributed by atoms with Crippen LogP contribution in [0.5, 0.6) is 0 Å². The van der Waals surface area contributed by atoms with E-state index in [9.17, 15) is 4.79 Å². The van der Waals surface area contributed by atoms with Crippen LogP contribution >= 0.6 is 0 Å². The Morgan fingerprint density at radius 3 is 2.18 bits per heavy atom. The first-order valence-electron chi connectivity index (χ1n) is 9.94. The minimum Gasteiger partial charge on any atom is -0.378 e. The monoisotopic (exact) mass is 381 g/mol. The number of carbonyl (C=O) groups is 1. The SMILES string of the molecule is Cc1cccc(CC(=O)N2CCN(c3ccc(N4CCOCC4)nn3)CC2)c1. The van der Waals surface area contributed by atoms with Gasteiger partial charge in [0.15, 0.2) is 11.6 Å². The van der Waals surface area contributed by atoms with Gasteiger partial charge in [-0.05, 0) is 24.6 Å². The Morgan fingerprint density at radius 2 is 1.57 bits per heavy atom. The highest BCUT2D eigenvalue weighted by Gasteiger charge is 2.22. The third-order valence-corrected chi connectivity index (χ3v) is 5.37. The third kappa shape index (κ3) is 4.42. The molecule has 2 saturated heterocycles. The molecule has 1 amide bonds. The van der Waals surface area contributed by atoms with Gasteiger partial charge < -0.3 is 19.4 Å². The van der Waals surface area contributed by atoms with Gasteiger partial charge in [-0.15, -0.1) is 10.2 Å². The molecule has 0 atom stereocenters. The number of carbonyl (C=O) groups excluding carboxylic acids is 1. The molecule has 0 unspecified atom stereocenters. The lowest BCUT2D eigenvalue weighted by Gasteiger charge is -2.35. The van der Waals surface area contributed by atoms with Gasteiger partial charge in [0.05, 0.1) is 19.6 Å². The van der Waals surface area contributed by atoms with Crippen LogP contribution in [0.15, 0.2) is 36.4 Å². The van der Waals surface area contributed by atoms with Crippen LogP contribution in [0.4, 0.5) is 11.6 Å². The first-order chi connectivity index (χ1) is 13.7. The number of aromatic nitrogens is 2. The number of aryl methyl sites for hydroxylation is 1. The summed E-state index contributed by atoms with van der Waals surface area (Å²) in [6.07, 6.45) is 0.468. The average Bonchev–Trinajstić information content (AvgIpc) is 2.75. The second-order valence-corrected chi connectivity index (χ2v) is 7.38. The second-order valence-electron chi connectivity index (χ2n) is 7.38. The smallest absolute Gasteiger partial charge is 0.227 e. The number of piperazine rings is 1. The molecule has 2 fully saturated rings. The maximum absolute atomic E-state index is 12.6. The van der Waals surface area contributed by atoms with Crippen molar-refractivity contribution in [1.29, 1.82) is 0 Å². The van der Waals surface area contributed by atoms with Crippen LogP contribution in [0.2, 0.25) is 0 Å².